The molecule has 1 aliphatic rings. The van der Waals surface area contributed by atoms with Crippen LogP contribution in [0.25, 0.3) is 0 Å². The zero-order valence-corrected chi connectivity index (χ0v) is 9.67. The van der Waals surface area contributed by atoms with E-state index in [-0.39, 0.29) is 0 Å². The number of rotatable bonds is 5. The summed E-state index contributed by atoms with van der Waals surface area (Å²) in [6.45, 7) is 0.745. The second-order valence-electron chi connectivity index (χ2n) is 4.13. The Kier molecular flexibility index (Phi) is 2.61. The minimum absolute atomic E-state index is 0.529. The third-order valence-corrected chi connectivity index (χ3v) is 3.38. The van der Waals surface area contributed by atoms with Crippen molar-refractivity contribution in [3.63, 3.8) is 0 Å². The van der Waals surface area contributed by atoms with Crippen LogP contribution in [0.4, 0.5) is 6.01 Å². The number of nitrogens with zero attached hydrogens (tertiary/aromatic N) is 2. The van der Waals surface area contributed by atoms with Gasteiger partial charge in [-0.25, -0.2) is 0 Å². The molecule has 3 rings (SSSR count). The molecule has 0 aromatic carbocycles. The van der Waals surface area contributed by atoms with Crippen molar-refractivity contribution in [3.8, 4) is 0 Å². The summed E-state index contributed by atoms with van der Waals surface area (Å²) in [4.78, 5) is 0. The third kappa shape index (κ3) is 2.41. The summed E-state index contributed by atoms with van der Waals surface area (Å²) in [5.41, 5.74) is 1.24. The van der Waals surface area contributed by atoms with Crippen molar-refractivity contribution in [2.45, 2.75) is 25.8 Å². The number of aromatic nitrogens is 2. The predicted octanol–water partition coefficient (Wildman–Crippen LogP) is 2.70. The normalized spacial score (nSPS) is 15.2. The van der Waals surface area contributed by atoms with Gasteiger partial charge in [0.05, 0.1) is 0 Å². The second kappa shape index (κ2) is 4.25. The number of anilines is 1. The van der Waals surface area contributed by atoms with Crippen molar-refractivity contribution in [2.24, 2.45) is 5.92 Å². The molecule has 2 aromatic rings. The predicted molar refractivity (Wildman–Crippen MR) is 62.4 cm³/mol. The number of thiophene rings is 1. The maximum Gasteiger partial charge on any atom is 0.315 e. The van der Waals surface area contributed by atoms with E-state index in [4.69, 9.17) is 4.42 Å². The van der Waals surface area contributed by atoms with Gasteiger partial charge in [0.15, 0.2) is 0 Å². The Hall–Kier alpha value is -1.36. The molecule has 1 aliphatic carbocycles. The first kappa shape index (κ1) is 9.84. The van der Waals surface area contributed by atoms with Gasteiger partial charge in [-0.3, -0.25) is 0 Å². The second-order valence-corrected chi connectivity index (χ2v) is 4.91. The fourth-order valence-corrected chi connectivity index (χ4v) is 2.22. The van der Waals surface area contributed by atoms with Crippen LogP contribution in [0.5, 0.6) is 0 Å². The fraction of sp³-hybridized carbons (Fsp3) is 0.455. The van der Waals surface area contributed by atoms with Gasteiger partial charge in [0, 0.05) is 13.0 Å². The van der Waals surface area contributed by atoms with Gasteiger partial charge in [0.1, 0.15) is 0 Å². The Morgan fingerprint density at radius 3 is 3.12 bits per heavy atom. The highest BCUT2D eigenvalue weighted by molar-refractivity contribution is 7.07. The van der Waals surface area contributed by atoms with Crippen LogP contribution in [-0.4, -0.2) is 10.2 Å². The van der Waals surface area contributed by atoms with Crippen LogP contribution in [0.15, 0.2) is 21.2 Å². The molecule has 2 aromatic heterocycles. The first-order valence-corrected chi connectivity index (χ1v) is 6.42. The van der Waals surface area contributed by atoms with Gasteiger partial charge in [0.25, 0.3) is 0 Å². The summed E-state index contributed by atoms with van der Waals surface area (Å²) in [7, 11) is 0. The SMILES string of the molecule is c1cc(CNc2nnc(CC3CC3)o2)cs1. The quantitative estimate of drug-likeness (QED) is 0.865. The van der Waals surface area contributed by atoms with Gasteiger partial charge >= 0.3 is 6.01 Å². The molecule has 2 heterocycles. The van der Waals surface area contributed by atoms with Crippen molar-refractivity contribution in [1.82, 2.24) is 10.2 Å². The molecule has 0 bridgehead atoms. The van der Waals surface area contributed by atoms with Crippen LogP contribution in [0, 0.1) is 5.92 Å². The molecule has 0 unspecified atom stereocenters. The smallest absolute Gasteiger partial charge is 0.315 e. The first-order chi connectivity index (χ1) is 7.90. The lowest BCUT2D eigenvalue weighted by Gasteiger charge is -1.97. The lowest BCUT2D eigenvalue weighted by molar-refractivity contribution is 0.491. The standard InChI is InChI=1S/C11H13N3OS/c1-2-8(1)5-10-13-14-11(15-10)12-6-9-3-4-16-7-9/h3-4,7-8H,1-2,5-6H2,(H,12,14). The van der Waals surface area contributed by atoms with Crippen LogP contribution < -0.4 is 5.32 Å². The molecule has 0 aliphatic heterocycles. The van der Waals surface area contributed by atoms with E-state index in [0.29, 0.717) is 6.01 Å². The molecule has 0 amide bonds. The maximum atomic E-state index is 5.50. The number of hydrogen-bond donors (Lipinski definition) is 1. The van der Waals surface area contributed by atoms with Crippen LogP contribution in [0.3, 0.4) is 0 Å². The van der Waals surface area contributed by atoms with Crippen molar-refractivity contribution >= 4 is 17.4 Å². The molecule has 5 heteroatoms. The van der Waals surface area contributed by atoms with Crippen molar-refractivity contribution in [1.29, 1.82) is 0 Å². The Morgan fingerprint density at radius 2 is 2.38 bits per heavy atom. The Labute approximate surface area is 97.7 Å². The van der Waals surface area contributed by atoms with Crippen LogP contribution >= 0.6 is 11.3 Å². The van der Waals surface area contributed by atoms with Crippen LogP contribution in [0.1, 0.15) is 24.3 Å². The molecule has 0 atom stereocenters. The van der Waals surface area contributed by atoms with Gasteiger partial charge in [-0.1, -0.05) is 5.10 Å². The summed E-state index contributed by atoms with van der Waals surface area (Å²) >= 11 is 1.69. The average molecular weight is 235 g/mol. The van der Waals surface area contributed by atoms with E-state index in [1.54, 1.807) is 11.3 Å². The van der Waals surface area contributed by atoms with E-state index in [2.05, 4.69) is 32.3 Å². The monoisotopic (exact) mass is 235 g/mol. The zero-order chi connectivity index (χ0) is 10.8. The topological polar surface area (TPSA) is 51.0 Å². The number of hydrogen-bond acceptors (Lipinski definition) is 5. The summed E-state index contributed by atoms with van der Waals surface area (Å²) < 4.78 is 5.50. The van der Waals surface area contributed by atoms with Crippen LogP contribution in [-0.2, 0) is 13.0 Å². The van der Waals surface area contributed by atoms with E-state index in [9.17, 15) is 0 Å². The zero-order valence-electron chi connectivity index (χ0n) is 8.85. The lowest BCUT2D eigenvalue weighted by atomic mass is 10.3. The van der Waals surface area contributed by atoms with Crippen molar-refractivity contribution in [2.75, 3.05) is 5.32 Å². The van der Waals surface area contributed by atoms with Gasteiger partial charge in [-0.05, 0) is 41.1 Å². The molecule has 0 radical (unpaired) electrons. The summed E-state index contributed by atoms with van der Waals surface area (Å²) in [5.74, 6) is 1.54. The molecule has 1 fully saturated rings. The summed E-state index contributed by atoms with van der Waals surface area (Å²) in [5, 5.41) is 15.3. The molecule has 84 valence electrons. The molecular formula is C11H13N3OS. The molecule has 16 heavy (non-hydrogen) atoms. The van der Waals surface area contributed by atoms with E-state index >= 15 is 0 Å². The molecular weight excluding hydrogens is 222 g/mol. The minimum atomic E-state index is 0.529. The van der Waals surface area contributed by atoms with Gasteiger partial charge < -0.3 is 9.73 Å². The van der Waals surface area contributed by atoms with Crippen LogP contribution in [0.2, 0.25) is 0 Å². The highest BCUT2D eigenvalue weighted by Crippen LogP contribution is 2.32. The highest BCUT2D eigenvalue weighted by atomic mass is 32.1. The van der Waals surface area contributed by atoms with Gasteiger partial charge in [-0.15, -0.1) is 5.10 Å². The maximum absolute atomic E-state index is 5.50. The van der Waals surface area contributed by atoms with Crippen molar-refractivity contribution in [3.05, 3.63) is 28.3 Å². The number of nitrogens with one attached hydrogen (secondary N) is 1. The first-order valence-electron chi connectivity index (χ1n) is 5.47. The molecule has 1 saturated carbocycles. The van der Waals surface area contributed by atoms with E-state index in [1.807, 2.05) is 0 Å². The van der Waals surface area contributed by atoms with E-state index in [0.717, 1.165) is 24.8 Å². The Balaban J connectivity index is 1.55. The van der Waals surface area contributed by atoms with Crippen molar-refractivity contribution < 1.29 is 4.42 Å². The Morgan fingerprint density at radius 1 is 1.44 bits per heavy atom. The molecule has 0 saturated heterocycles. The average Bonchev–Trinajstić information content (AvgIpc) is 2.81. The minimum Gasteiger partial charge on any atom is -0.408 e. The largest absolute Gasteiger partial charge is 0.408 e. The summed E-state index contributed by atoms with van der Waals surface area (Å²) in [6, 6.07) is 2.61. The molecule has 4 nitrogen and oxygen atoms in total. The fourth-order valence-electron chi connectivity index (χ4n) is 1.55. The van der Waals surface area contributed by atoms with Gasteiger partial charge in [0.2, 0.25) is 5.89 Å². The van der Waals surface area contributed by atoms with E-state index in [1.165, 1.54) is 18.4 Å². The third-order valence-electron chi connectivity index (χ3n) is 2.65. The lowest BCUT2D eigenvalue weighted by Crippen LogP contribution is -1.97. The molecule has 1 N–H and O–H groups in total. The van der Waals surface area contributed by atoms with E-state index < -0.39 is 0 Å². The molecule has 0 spiro atoms. The highest BCUT2D eigenvalue weighted by Gasteiger charge is 2.24. The summed E-state index contributed by atoms with van der Waals surface area (Å²) in [6.07, 6.45) is 3.55. The Bertz CT molecular complexity index is 448. The van der Waals surface area contributed by atoms with Gasteiger partial charge in [-0.2, -0.15) is 11.3 Å².